The molecule has 1 N–H and O–H groups in total. The molecule has 1 aromatic carbocycles. The summed E-state index contributed by atoms with van der Waals surface area (Å²) < 4.78 is 29.5. The van der Waals surface area contributed by atoms with E-state index < -0.39 is 10.0 Å². The van der Waals surface area contributed by atoms with Gasteiger partial charge < -0.3 is 4.57 Å². The van der Waals surface area contributed by atoms with Gasteiger partial charge >= 0.3 is 0 Å². The number of halogens is 1. The van der Waals surface area contributed by atoms with Crippen LogP contribution < -0.4 is 4.72 Å². The molecule has 0 saturated carbocycles. The van der Waals surface area contributed by atoms with Crippen molar-refractivity contribution in [2.45, 2.75) is 25.2 Å². The van der Waals surface area contributed by atoms with Crippen LogP contribution in [-0.2, 0) is 17.1 Å². The van der Waals surface area contributed by atoms with Crippen LogP contribution in [0.15, 0.2) is 40.6 Å². The number of aromatic nitrogens is 2. The molecule has 0 aliphatic heterocycles. The van der Waals surface area contributed by atoms with Crippen LogP contribution in [0.4, 0.5) is 0 Å². The molecule has 0 bridgehead atoms. The molecule has 0 saturated heterocycles. The first-order chi connectivity index (χ1) is 12.3. The monoisotopic (exact) mass is 409 g/mol. The van der Waals surface area contributed by atoms with Crippen molar-refractivity contribution in [3.63, 3.8) is 0 Å². The normalized spacial score (nSPS) is 11.8. The molecule has 0 spiro atoms. The molecule has 3 rings (SSSR count). The zero-order chi connectivity index (χ0) is 18.9. The maximum Gasteiger partial charge on any atom is 0.242 e. The Balaban J connectivity index is 2.00. The summed E-state index contributed by atoms with van der Waals surface area (Å²) in [4.78, 5) is 4.97. The summed E-state index contributed by atoms with van der Waals surface area (Å²) in [6.45, 7) is 4.15. The number of hydrogen-bond donors (Lipinski definition) is 1. The Labute approximate surface area is 162 Å². The standard InChI is InChI=1S/C18H20ClN3O2S2/c1-4-8-20-26(23,24)17-10-16(22(3)12(17)2)18-21-15(11-25-18)13-6-5-7-14(19)9-13/h5-7,9-11,20H,4,8H2,1-3H3. The number of thiazole rings is 1. The SMILES string of the molecule is CCCNS(=O)(=O)c1cc(-c2nc(-c3cccc(Cl)c3)cs2)n(C)c1C. The second kappa shape index (κ2) is 7.52. The second-order valence-electron chi connectivity index (χ2n) is 5.98. The minimum absolute atomic E-state index is 0.294. The number of rotatable bonds is 6. The summed E-state index contributed by atoms with van der Waals surface area (Å²) in [5, 5.41) is 3.37. The number of hydrogen-bond acceptors (Lipinski definition) is 4. The van der Waals surface area contributed by atoms with Gasteiger partial charge in [0, 0.05) is 35.3 Å². The lowest BCUT2D eigenvalue weighted by atomic mass is 10.2. The smallest absolute Gasteiger partial charge is 0.242 e. The molecule has 3 aromatic rings. The van der Waals surface area contributed by atoms with Crippen LogP contribution in [0.2, 0.25) is 5.02 Å². The summed E-state index contributed by atoms with van der Waals surface area (Å²) in [6.07, 6.45) is 0.743. The molecule has 2 heterocycles. The van der Waals surface area contributed by atoms with E-state index in [1.165, 1.54) is 11.3 Å². The van der Waals surface area contributed by atoms with Gasteiger partial charge in [0.25, 0.3) is 0 Å². The summed E-state index contributed by atoms with van der Waals surface area (Å²) >= 11 is 7.54. The molecule has 0 amide bonds. The lowest BCUT2D eigenvalue weighted by Gasteiger charge is -2.05. The predicted molar refractivity (Wildman–Crippen MR) is 107 cm³/mol. The average Bonchev–Trinajstić information content (AvgIpc) is 3.19. The molecule has 0 unspecified atom stereocenters. The van der Waals surface area contributed by atoms with Gasteiger partial charge in [0.2, 0.25) is 10.0 Å². The maximum atomic E-state index is 12.5. The molecule has 0 radical (unpaired) electrons. The van der Waals surface area contributed by atoms with Gasteiger partial charge in [-0.25, -0.2) is 18.1 Å². The van der Waals surface area contributed by atoms with E-state index in [0.29, 0.717) is 22.2 Å². The Kier molecular flexibility index (Phi) is 5.53. The molecular formula is C18H20ClN3O2S2. The third-order valence-electron chi connectivity index (χ3n) is 4.16. The van der Waals surface area contributed by atoms with E-state index in [2.05, 4.69) is 9.71 Å². The Morgan fingerprint density at radius 1 is 1.31 bits per heavy atom. The van der Waals surface area contributed by atoms with Crippen molar-refractivity contribution in [3.05, 3.63) is 46.4 Å². The van der Waals surface area contributed by atoms with Crippen molar-refractivity contribution in [2.24, 2.45) is 7.05 Å². The minimum Gasteiger partial charge on any atom is -0.345 e. The van der Waals surface area contributed by atoms with Crippen molar-refractivity contribution in [1.29, 1.82) is 0 Å². The zero-order valence-electron chi connectivity index (χ0n) is 14.8. The molecule has 26 heavy (non-hydrogen) atoms. The van der Waals surface area contributed by atoms with Gasteiger partial charge in [-0.1, -0.05) is 30.7 Å². The lowest BCUT2D eigenvalue weighted by molar-refractivity contribution is 0.579. The van der Waals surface area contributed by atoms with Gasteiger partial charge in [-0.15, -0.1) is 11.3 Å². The van der Waals surface area contributed by atoms with Crippen molar-refractivity contribution >= 4 is 33.0 Å². The highest BCUT2D eigenvalue weighted by Gasteiger charge is 2.23. The predicted octanol–water partition coefficient (Wildman–Crippen LogP) is 4.47. The molecular weight excluding hydrogens is 390 g/mol. The van der Waals surface area contributed by atoms with E-state index in [0.717, 1.165) is 28.4 Å². The van der Waals surface area contributed by atoms with Crippen molar-refractivity contribution in [2.75, 3.05) is 6.54 Å². The molecule has 5 nitrogen and oxygen atoms in total. The number of nitrogens with one attached hydrogen (secondary N) is 1. The molecule has 0 atom stereocenters. The molecule has 0 aliphatic rings. The van der Waals surface area contributed by atoms with Gasteiger partial charge in [-0.2, -0.15) is 0 Å². The summed E-state index contributed by atoms with van der Waals surface area (Å²) in [6, 6.07) is 9.20. The average molecular weight is 410 g/mol. The number of nitrogens with zero attached hydrogens (tertiary/aromatic N) is 2. The Morgan fingerprint density at radius 2 is 2.08 bits per heavy atom. The third kappa shape index (κ3) is 3.71. The van der Waals surface area contributed by atoms with Crippen LogP contribution in [0.5, 0.6) is 0 Å². The number of sulfonamides is 1. The van der Waals surface area contributed by atoms with Gasteiger partial charge in [0.05, 0.1) is 11.4 Å². The van der Waals surface area contributed by atoms with E-state index in [-0.39, 0.29) is 0 Å². The molecule has 0 aliphatic carbocycles. The van der Waals surface area contributed by atoms with E-state index in [1.807, 2.05) is 48.2 Å². The number of benzene rings is 1. The van der Waals surface area contributed by atoms with Crippen LogP contribution in [-0.4, -0.2) is 24.5 Å². The molecule has 8 heteroatoms. The van der Waals surface area contributed by atoms with E-state index in [1.54, 1.807) is 13.0 Å². The summed E-state index contributed by atoms with van der Waals surface area (Å²) in [5.41, 5.74) is 3.21. The fourth-order valence-electron chi connectivity index (χ4n) is 2.63. The zero-order valence-corrected chi connectivity index (χ0v) is 17.2. The first kappa shape index (κ1) is 19.1. The fraction of sp³-hybridized carbons (Fsp3) is 0.278. The first-order valence-corrected chi connectivity index (χ1v) is 11.0. The molecule has 138 valence electrons. The lowest BCUT2D eigenvalue weighted by Crippen LogP contribution is -2.24. The van der Waals surface area contributed by atoms with Gasteiger partial charge in [-0.05, 0) is 31.5 Å². The van der Waals surface area contributed by atoms with Crippen molar-refractivity contribution < 1.29 is 8.42 Å². The van der Waals surface area contributed by atoms with E-state index in [4.69, 9.17) is 11.6 Å². The van der Waals surface area contributed by atoms with Crippen molar-refractivity contribution in [3.8, 4) is 22.0 Å². The third-order valence-corrected chi connectivity index (χ3v) is 6.84. The highest BCUT2D eigenvalue weighted by atomic mass is 35.5. The van der Waals surface area contributed by atoms with Gasteiger partial charge in [0.15, 0.2) is 0 Å². The van der Waals surface area contributed by atoms with Crippen LogP contribution in [0.3, 0.4) is 0 Å². The summed E-state index contributed by atoms with van der Waals surface area (Å²) in [7, 11) is -1.67. The highest BCUT2D eigenvalue weighted by molar-refractivity contribution is 7.89. The van der Waals surface area contributed by atoms with Gasteiger partial charge in [-0.3, -0.25) is 0 Å². The molecule has 0 fully saturated rings. The van der Waals surface area contributed by atoms with Crippen molar-refractivity contribution in [1.82, 2.24) is 14.3 Å². The quantitative estimate of drug-likeness (QED) is 0.653. The Morgan fingerprint density at radius 3 is 2.77 bits per heavy atom. The summed E-state index contributed by atoms with van der Waals surface area (Å²) in [5.74, 6) is 0. The fourth-order valence-corrected chi connectivity index (χ4v) is 5.13. The maximum absolute atomic E-state index is 12.5. The van der Waals surface area contributed by atoms with Crippen LogP contribution >= 0.6 is 22.9 Å². The Hall–Kier alpha value is -1.67. The first-order valence-electron chi connectivity index (χ1n) is 8.21. The minimum atomic E-state index is -3.53. The Bertz CT molecular complexity index is 1040. The second-order valence-corrected chi connectivity index (χ2v) is 9.01. The van der Waals surface area contributed by atoms with E-state index >= 15 is 0 Å². The largest absolute Gasteiger partial charge is 0.345 e. The van der Waals surface area contributed by atoms with Crippen LogP contribution in [0.25, 0.3) is 22.0 Å². The van der Waals surface area contributed by atoms with Gasteiger partial charge in [0.1, 0.15) is 9.90 Å². The molecule has 2 aromatic heterocycles. The topological polar surface area (TPSA) is 64.0 Å². The van der Waals surface area contributed by atoms with E-state index in [9.17, 15) is 8.42 Å². The van der Waals surface area contributed by atoms with Crippen LogP contribution in [0, 0.1) is 6.92 Å². The van der Waals surface area contributed by atoms with Crippen LogP contribution in [0.1, 0.15) is 19.0 Å². The highest BCUT2D eigenvalue weighted by Crippen LogP contribution is 2.33.